The third-order valence-corrected chi connectivity index (χ3v) is 5.19. The van der Waals surface area contributed by atoms with E-state index in [0.717, 1.165) is 16.1 Å². The van der Waals surface area contributed by atoms with Crippen molar-refractivity contribution in [1.82, 2.24) is 14.7 Å². The molecule has 1 aromatic carbocycles. The zero-order valence-corrected chi connectivity index (χ0v) is 16.2. The van der Waals surface area contributed by atoms with E-state index in [2.05, 4.69) is 10.00 Å². The van der Waals surface area contributed by atoms with Gasteiger partial charge in [-0.15, -0.1) is 0 Å². The van der Waals surface area contributed by atoms with Crippen LogP contribution in [0.5, 0.6) is 5.75 Å². The Bertz CT molecular complexity index is 861. The van der Waals surface area contributed by atoms with Gasteiger partial charge in [0, 0.05) is 37.9 Å². The molecular formula is C18H20ClF3N4O2. The molecule has 28 heavy (non-hydrogen) atoms. The van der Waals surface area contributed by atoms with Crippen molar-refractivity contribution in [3.63, 3.8) is 0 Å². The maximum atomic E-state index is 12.9. The Morgan fingerprint density at radius 3 is 2.50 bits per heavy atom. The Morgan fingerprint density at radius 2 is 1.93 bits per heavy atom. The van der Waals surface area contributed by atoms with Crippen LogP contribution in [0.15, 0.2) is 24.3 Å². The summed E-state index contributed by atoms with van der Waals surface area (Å²) >= 11 is 5.73. The van der Waals surface area contributed by atoms with E-state index in [1.807, 2.05) is 24.3 Å². The van der Waals surface area contributed by atoms with Crippen molar-refractivity contribution < 1.29 is 22.7 Å². The molecule has 0 bridgehead atoms. The lowest BCUT2D eigenvalue weighted by atomic mass is 10.2. The first-order chi connectivity index (χ1) is 13.2. The molecule has 0 spiro atoms. The summed E-state index contributed by atoms with van der Waals surface area (Å²) in [5.41, 5.74) is -0.0457. The summed E-state index contributed by atoms with van der Waals surface area (Å²) in [4.78, 5) is 16.3. The van der Waals surface area contributed by atoms with Crippen LogP contribution in [0, 0.1) is 6.92 Å². The third kappa shape index (κ3) is 4.19. The van der Waals surface area contributed by atoms with E-state index >= 15 is 0 Å². The van der Waals surface area contributed by atoms with Gasteiger partial charge in [0.1, 0.15) is 12.3 Å². The number of piperazine rings is 1. The van der Waals surface area contributed by atoms with Crippen LogP contribution in [0.4, 0.5) is 18.9 Å². The number of nitrogens with zero attached hydrogens (tertiary/aromatic N) is 4. The highest BCUT2D eigenvalue weighted by Crippen LogP contribution is 2.35. The fourth-order valence-electron chi connectivity index (χ4n) is 3.11. The number of ether oxygens (including phenoxy) is 1. The van der Waals surface area contributed by atoms with Crippen LogP contribution in [0.1, 0.15) is 11.4 Å². The van der Waals surface area contributed by atoms with E-state index < -0.39 is 16.9 Å². The number of anilines is 1. The summed E-state index contributed by atoms with van der Waals surface area (Å²) < 4.78 is 45.0. The Morgan fingerprint density at radius 1 is 1.25 bits per heavy atom. The highest BCUT2D eigenvalue weighted by atomic mass is 35.5. The lowest BCUT2D eigenvalue weighted by Gasteiger charge is -2.36. The summed E-state index contributed by atoms with van der Waals surface area (Å²) in [7, 11) is 1.60. The molecule has 1 aliphatic heterocycles. The first-order valence-electron chi connectivity index (χ1n) is 8.67. The van der Waals surface area contributed by atoms with Gasteiger partial charge in [-0.25, -0.2) is 0 Å². The van der Waals surface area contributed by atoms with Crippen LogP contribution in [0.2, 0.25) is 5.02 Å². The lowest BCUT2D eigenvalue weighted by molar-refractivity contribution is -0.142. The van der Waals surface area contributed by atoms with E-state index in [9.17, 15) is 18.0 Å². The number of aromatic nitrogens is 2. The van der Waals surface area contributed by atoms with Gasteiger partial charge in [-0.05, 0) is 19.1 Å². The molecule has 1 aliphatic rings. The molecular weight excluding hydrogens is 397 g/mol. The van der Waals surface area contributed by atoms with E-state index in [1.54, 1.807) is 12.0 Å². The van der Waals surface area contributed by atoms with Crippen LogP contribution in [-0.4, -0.2) is 53.9 Å². The average Bonchev–Trinajstić information content (AvgIpc) is 2.97. The fourth-order valence-corrected chi connectivity index (χ4v) is 3.35. The number of benzene rings is 1. The van der Waals surface area contributed by atoms with Gasteiger partial charge in [0.25, 0.3) is 0 Å². The summed E-state index contributed by atoms with van der Waals surface area (Å²) in [5.74, 6) is 0.462. The van der Waals surface area contributed by atoms with Crippen molar-refractivity contribution in [1.29, 1.82) is 0 Å². The normalized spacial score (nSPS) is 15.1. The van der Waals surface area contributed by atoms with Gasteiger partial charge in [0.2, 0.25) is 5.91 Å². The van der Waals surface area contributed by atoms with Crippen LogP contribution in [-0.2, 0) is 17.5 Å². The van der Waals surface area contributed by atoms with Crippen LogP contribution in [0.25, 0.3) is 0 Å². The van der Waals surface area contributed by atoms with Crippen molar-refractivity contribution in [2.75, 3.05) is 38.2 Å². The first-order valence-corrected chi connectivity index (χ1v) is 9.05. The van der Waals surface area contributed by atoms with Crippen LogP contribution in [0.3, 0.4) is 0 Å². The van der Waals surface area contributed by atoms with E-state index in [1.165, 1.54) is 6.92 Å². The number of halogens is 4. The van der Waals surface area contributed by atoms with Crippen molar-refractivity contribution >= 4 is 23.2 Å². The van der Waals surface area contributed by atoms with Crippen molar-refractivity contribution in [2.24, 2.45) is 0 Å². The van der Waals surface area contributed by atoms with Gasteiger partial charge in [0.15, 0.2) is 5.69 Å². The maximum absolute atomic E-state index is 12.9. The summed E-state index contributed by atoms with van der Waals surface area (Å²) in [5, 5.41) is 3.02. The van der Waals surface area contributed by atoms with Crippen LogP contribution < -0.4 is 9.64 Å². The molecule has 10 heteroatoms. The number of methoxy groups -OCH3 is 1. The molecule has 3 rings (SSSR count). The van der Waals surface area contributed by atoms with Crippen molar-refractivity contribution in [3.05, 3.63) is 40.7 Å². The standard InChI is InChI=1S/C18H20ClF3N4O2/c1-12-16(19)17(18(20,21)22)23-26(12)11-15(27)25-8-6-24(7-9-25)13-4-3-5-14(10-13)28-2/h3-5,10H,6-9,11H2,1-2H3. The minimum Gasteiger partial charge on any atom is -0.497 e. The van der Waals surface area contributed by atoms with Gasteiger partial charge in [-0.3, -0.25) is 9.48 Å². The predicted molar refractivity (Wildman–Crippen MR) is 98.8 cm³/mol. The minimum atomic E-state index is -4.65. The first kappa shape index (κ1) is 20.3. The SMILES string of the molecule is COc1cccc(N2CCN(C(=O)Cn3nc(C(F)(F)F)c(Cl)c3C)CC2)c1. The van der Waals surface area contributed by atoms with Gasteiger partial charge in [-0.1, -0.05) is 17.7 Å². The fraction of sp³-hybridized carbons (Fsp3) is 0.444. The van der Waals surface area contributed by atoms with E-state index in [4.69, 9.17) is 16.3 Å². The molecule has 1 saturated heterocycles. The summed E-state index contributed by atoms with van der Waals surface area (Å²) in [6.45, 7) is 3.31. The second-order valence-corrected chi connectivity index (χ2v) is 6.85. The average molecular weight is 417 g/mol. The smallest absolute Gasteiger partial charge is 0.436 e. The van der Waals surface area contributed by atoms with Gasteiger partial charge in [-0.2, -0.15) is 18.3 Å². The van der Waals surface area contributed by atoms with Gasteiger partial charge < -0.3 is 14.5 Å². The lowest BCUT2D eigenvalue weighted by Crippen LogP contribution is -2.49. The molecule has 0 saturated carbocycles. The molecule has 0 N–H and O–H groups in total. The molecule has 152 valence electrons. The Hall–Kier alpha value is -2.42. The highest BCUT2D eigenvalue weighted by molar-refractivity contribution is 6.32. The van der Waals surface area contributed by atoms with Gasteiger partial charge in [0.05, 0.1) is 17.8 Å². The Balaban J connectivity index is 1.63. The number of amides is 1. The highest BCUT2D eigenvalue weighted by Gasteiger charge is 2.38. The maximum Gasteiger partial charge on any atom is 0.436 e. The zero-order valence-electron chi connectivity index (χ0n) is 15.5. The molecule has 0 atom stereocenters. The quantitative estimate of drug-likeness (QED) is 0.768. The largest absolute Gasteiger partial charge is 0.497 e. The van der Waals surface area contributed by atoms with Gasteiger partial charge >= 0.3 is 6.18 Å². The Labute approximate surface area is 165 Å². The monoisotopic (exact) mass is 416 g/mol. The summed E-state index contributed by atoms with van der Waals surface area (Å²) in [6.07, 6.45) is -4.65. The zero-order chi connectivity index (χ0) is 20.5. The Kier molecular flexibility index (Phi) is 5.74. The third-order valence-electron chi connectivity index (χ3n) is 4.74. The second-order valence-electron chi connectivity index (χ2n) is 6.47. The molecule has 2 aromatic rings. The number of carbonyl (C=O) groups excluding carboxylic acids is 1. The molecule has 0 radical (unpaired) electrons. The minimum absolute atomic E-state index is 0.123. The molecule has 1 amide bonds. The topological polar surface area (TPSA) is 50.6 Å². The molecule has 1 fully saturated rings. The number of hydrogen-bond acceptors (Lipinski definition) is 4. The molecule has 2 heterocycles. The number of rotatable bonds is 4. The second kappa shape index (κ2) is 7.90. The van der Waals surface area contributed by atoms with E-state index in [0.29, 0.717) is 26.2 Å². The van der Waals surface area contributed by atoms with Crippen molar-refractivity contribution in [3.8, 4) is 5.75 Å². The number of alkyl halides is 3. The van der Waals surface area contributed by atoms with E-state index in [-0.39, 0.29) is 18.1 Å². The van der Waals surface area contributed by atoms with Crippen molar-refractivity contribution in [2.45, 2.75) is 19.6 Å². The number of hydrogen-bond donors (Lipinski definition) is 0. The summed E-state index contributed by atoms with van der Waals surface area (Å²) in [6, 6.07) is 7.64. The molecule has 6 nitrogen and oxygen atoms in total. The molecule has 0 aliphatic carbocycles. The number of carbonyl (C=O) groups is 1. The molecule has 0 unspecified atom stereocenters. The molecule has 1 aromatic heterocycles. The predicted octanol–water partition coefficient (Wildman–Crippen LogP) is 3.22. The van der Waals surface area contributed by atoms with Crippen LogP contribution >= 0.6 is 11.6 Å².